The van der Waals surface area contributed by atoms with Gasteiger partial charge in [-0.15, -0.1) is 0 Å². The van der Waals surface area contributed by atoms with E-state index in [2.05, 4.69) is 9.27 Å². The molecule has 0 bridgehead atoms. The summed E-state index contributed by atoms with van der Waals surface area (Å²) in [7, 11) is 5.65. The second-order valence-electron chi connectivity index (χ2n) is 6.43. The van der Waals surface area contributed by atoms with Crippen LogP contribution in [0.2, 0.25) is 0 Å². The molecular formula is C17H23N3O3S. The Labute approximate surface area is 146 Å². The zero-order valence-electron chi connectivity index (χ0n) is 14.3. The number of amides is 1. The lowest BCUT2D eigenvalue weighted by Gasteiger charge is -2.47. The second-order valence-corrected chi connectivity index (χ2v) is 7.24. The molecule has 6 nitrogen and oxygen atoms in total. The monoisotopic (exact) mass is 349 g/mol. The van der Waals surface area contributed by atoms with E-state index in [0.29, 0.717) is 38.6 Å². The van der Waals surface area contributed by atoms with Crippen molar-refractivity contribution in [2.24, 2.45) is 0 Å². The number of ether oxygens (including phenoxy) is 2. The van der Waals surface area contributed by atoms with Gasteiger partial charge in [0.2, 0.25) is 0 Å². The minimum Gasteiger partial charge on any atom is -0.382 e. The maximum Gasteiger partial charge on any atom is 0.274 e. The highest BCUT2D eigenvalue weighted by molar-refractivity contribution is 7.13. The van der Waals surface area contributed by atoms with Crippen molar-refractivity contribution in [1.82, 2.24) is 14.2 Å². The molecule has 1 atom stereocenters. The molecule has 1 aliphatic heterocycles. The maximum atomic E-state index is 13.3. The Morgan fingerprint density at radius 2 is 2.25 bits per heavy atom. The number of hydrogen-bond acceptors (Lipinski definition) is 6. The zero-order chi connectivity index (χ0) is 17.2. The highest BCUT2D eigenvalue weighted by Gasteiger charge is 2.44. The SMILES string of the molecule is COCC1(CN(C)C)COCCN1C(=O)c1nsc2ccccc12. The van der Waals surface area contributed by atoms with Crippen molar-refractivity contribution in [2.75, 3.05) is 54.1 Å². The molecule has 3 rings (SSSR count). The van der Waals surface area contributed by atoms with Crippen molar-refractivity contribution in [3.05, 3.63) is 30.0 Å². The van der Waals surface area contributed by atoms with E-state index < -0.39 is 5.54 Å². The van der Waals surface area contributed by atoms with Gasteiger partial charge < -0.3 is 19.3 Å². The fourth-order valence-corrected chi connectivity index (χ4v) is 4.14. The minimum absolute atomic E-state index is 0.0466. The second kappa shape index (κ2) is 7.14. The number of fused-ring (bicyclic) bond motifs is 1. The summed E-state index contributed by atoms with van der Waals surface area (Å²) < 4.78 is 16.6. The highest BCUT2D eigenvalue weighted by Crippen LogP contribution is 2.28. The van der Waals surface area contributed by atoms with Crippen molar-refractivity contribution in [2.45, 2.75) is 5.54 Å². The number of hydrogen-bond donors (Lipinski definition) is 0. The van der Waals surface area contributed by atoms with Crippen LogP contribution in [0.4, 0.5) is 0 Å². The lowest BCUT2D eigenvalue weighted by Crippen LogP contribution is -2.65. The van der Waals surface area contributed by atoms with Gasteiger partial charge in [0.25, 0.3) is 5.91 Å². The summed E-state index contributed by atoms with van der Waals surface area (Å²) in [6.07, 6.45) is 0. The molecule has 1 aromatic carbocycles. The van der Waals surface area contributed by atoms with E-state index in [1.807, 2.05) is 43.3 Å². The summed E-state index contributed by atoms with van der Waals surface area (Å²) >= 11 is 1.36. The van der Waals surface area contributed by atoms with Gasteiger partial charge in [0, 0.05) is 25.6 Å². The van der Waals surface area contributed by atoms with Gasteiger partial charge >= 0.3 is 0 Å². The Morgan fingerprint density at radius 3 is 3.00 bits per heavy atom. The number of nitrogens with zero attached hydrogens (tertiary/aromatic N) is 3. The van der Waals surface area contributed by atoms with E-state index in [1.54, 1.807) is 7.11 Å². The Balaban J connectivity index is 1.98. The molecule has 0 saturated carbocycles. The first-order valence-corrected chi connectivity index (χ1v) is 8.72. The van der Waals surface area contributed by atoms with Gasteiger partial charge in [0.15, 0.2) is 0 Å². The molecule has 0 aliphatic carbocycles. The first kappa shape index (κ1) is 17.3. The van der Waals surface area contributed by atoms with Crippen LogP contribution in [-0.2, 0) is 9.47 Å². The average Bonchev–Trinajstić information content (AvgIpc) is 2.98. The van der Waals surface area contributed by atoms with Crippen LogP contribution in [0.1, 0.15) is 10.5 Å². The average molecular weight is 349 g/mol. The van der Waals surface area contributed by atoms with E-state index in [4.69, 9.17) is 9.47 Å². The summed E-state index contributed by atoms with van der Waals surface area (Å²) in [5, 5.41) is 0.912. The number of benzene rings is 1. The largest absolute Gasteiger partial charge is 0.382 e. The van der Waals surface area contributed by atoms with Crippen LogP contribution in [0.5, 0.6) is 0 Å². The van der Waals surface area contributed by atoms with Crippen molar-refractivity contribution >= 4 is 27.5 Å². The Hall–Kier alpha value is -1.54. The summed E-state index contributed by atoms with van der Waals surface area (Å²) in [6.45, 7) is 2.65. The third kappa shape index (κ3) is 3.17. The van der Waals surface area contributed by atoms with Crippen LogP contribution in [0.3, 0.4) is 0 Å². The van der Waals surface area contributed by atoms with Crippen LogP contribution in [-0.4, -0.2) is 79.7 Å². The zero-order valence-corrected chi connectivity index (χ0v) is 15.1. The molecule has 130 valence electrons. The number of likely N-dealkylation sites (N-methyl/N-ethyl adjacent to an activating group) is 1. The summed E-state index contributed by atoms with van der Waals surface area (Å²) in [5.41, 5.74) is 0.0231. The third-order valence-corrected chi connectivity index (χ3v) is 5.08. The summed E-state index contributed by atoms with van der Waals surface area (Å²) in [4.78, 5) is 17.2. The summed E-state index contributed by atoms with van der Waals surface area (Å²) in [6, 6.07) is 7.85. The summed E-state index contributed by atoms with van der Waals surface area (Å²) in [5.74, 6) is -0.0466. The highest BCUT2D eigenvalue weighted by atomic mass is 32.1. The predicted octanol–water partition coefficient (Wildman–Crippen LogP) is 1.72. The topological polar surface area (TPSA) is 54.9 Å². The number of morpholine rings is 1. The standard InChI is InChI=1S/C17H23N3O3S/c1-19(2)10-17(11-22-3)12-23-9-8-20(17)16(21)15-13-6-4-5-7-14(13)24-18-15/h4-7H,8-12H2,1-3H3. The first-order chi connectivity index (χ1) is 11.6. The van der Waals surface area contributed by atoms with Crippen LogP contribution >= 0.6 is 11.5 Å². The van der Waals surface area contributed by atoms with E-state index >= 15 is 0 Å². The lowest BCUT2D eigenvalue weighted by atomic mass is 9.96. The molecule has 1 saturated heterocycles. The van der Waals surface area contributed by atoms with Gasteiger partial charge in [-0.1, -0.05) is 18.2 Å². The molecule has 2 heterocycles. The van der Waals surface area contributed by atoms with Gasteiger partial charge in [-0.05, 0) is 31.7 Å². The molecule has 1 amide bonds. The van der Waals surface area contributed by atoms with Gasteiger partial charge in [-0.2, -0.15) is 4.37 Å². The first-order valence-electron chi connectivity index (χ1n) is 7.95. The molecule has 0 N–H and O–H groups in total. The van der Waals surface area contributed by atoms with Gasteiger partial charge in [-0.3, -0.25) is 4.79 Å². The van der Waals surface area contributed by atoms with Gasteiger partial charge in [-0.25, -0.2) is 0 Å². The van der Waals surface area contributed by atoms with E-state index in [1.165, 1.54) is 11.5 Å². The number of rotatable bonds is 5. The molecule has 0 radical (unpaired) electrons. The van der Waals surface area contributed by atoms with Crippen LogP contribution < -0.4 is 0 Å². The third-order valence-electron chi connectivity index (χ3n) is 4.25. The van der Waals surface area contributed by atoms with Gasteiger partial charge in [0.05, 0.1) is 24.5 Å². The number of carbonyl (C=O) groups is 1. The smallest absolute Gasteiger partial charge is 0.274 e. The van der Waals surface area contributed by atoms with E-state index in [9.17, 15) is 4.79 Å². The van der Waals surface area contributed by atoms with Crippen LogP contribution in [0, 0.1) is 0 Å². The number of methoxy groups -OCH3 is 1. The van der Waals surface area contributed by atoms with Gasteiger partial charge in [0.1, 0.15) is 11.2 Å². The molecule has 2 aromatic rings. The Bertz CT molecular complexity index is 714. The maximum absolute atomic E-state index is 13.3. The minimum atomic E-state index is -0.502. The lowest BCUT2D eigenvalue weighted by molar-refractivity contribution is -0.0895. The fourth-order valence-electron chi connectivity index (χ4n) is 3.37. The molecule has 1 fully saturated rings. The molecule has 24 heavy (non-hydrogen) atoms. The van der Waals surface area contributed by atoms with Crippen molar-refractivity contribution < 1.29 is 14.3 Å². The molecule has 1 aromatic heterocycles. The molecule has 1 aliphatic rings. The van der Waals surface area contributed by atoms with Crippen molar-refractivity contribution in [1.29, 1.82) is 0 Å². The fraction of sp³-hybridized carbons (Fsp3) is 0.529. The quantitative estimate of drug-likeness (QED) is 0.823. The van der Waals surface area contributed by atoms with E-state index in [-0.39, 0.29) is 5.91 Å². The number of aromatic nitrogens is 1. The molecule has 0 spiro atoms. The normalized spacial score (nSPS) is 21.6. The van der Waals surface area contributed by atoms with Crippen molar-refractivity contribution in [3.63, 3.8) is 0 Å². The Morgan fingerprint density at radius 1 is 1.46 bits per heavy atom. The molecule has 1 unspecified atom stereocenters. The predicted molar refractivity (Wildman–Crippen MR) is 94.6 cm³/mol. The number of carbonyl (C=O) groups excluding carboxylic acids is 1. The Kier molecular flexibility index (Phi) is 5.15. The van der Waals surface area contributed by atoms with Crippen molar-refractivity contribution in [3.8, 4) is 0 Å². The van der Waals surface area contributed by atoms with Crippen LogP contribution in [0.25, 0.3) is 10.1 Å². The van der Waals surface area contributed by atoms with Crippen LogP contribution in [0.15, 0.2) is 24.3 Å². The molecular weight excluding hydrogens is 326 g/mol. The van der Waals surface area contributed by atoms with E-state index in [0.717, 1.165) is 10.1 Å². The molecule has 7 heteroatoms.